The van der Waals surface area contributed by atoms with Gasteiger partial charge < -0.3 is 4.74 Å². The van der Waals surface area contributed by atoms with Gasteiger partial charge in [0.15, 0.2) is 0 Å². The van der Waals surface area contributed by atoms with Gasteiger partial charge in [0, 0.05) is 15.2 Å². The van der Waals surface area contributed by atoms with Crippen LogP contribution in [-0.2, 0) is 13.8 Å². The van der Waals surface area contributed by atoms with Crippen LogP contribution in [0.15, 0.2) is 27.6 Å². The first kappa shape index (κ1) is 14.3. The number of nitrogens with one attached hydrogen (secondary N) is 1. The van der Waals surface area contributed by atoms with Gasteiger partial charge in [0.2, 0.25) is 0 Å². The highest BCUT2D eigenvalue weighted by Gasteiger charge is 2.13. The molecule has 0 aliphatic rings. The van der Waals surface area contributed by atoms with Gasteiger partial charge in [-0.2, -0.15) is 0 Å². The summed E-state index contributed by atoms with van der Waals surface area (Å²) >= 11 is 3.13. The van der Waals surface area contributed by atoms with E-state index in [1.54, 1.807) is 6.92 Å². The maximum Gasteiger partial charge on any atom is 0.411 e. The van der Waals surface area contributed by atoms with Crippen molar-refractivity contribution in [1.82, 2.24) is 0 Å². The van der Waals surface area contributed by atoms with Crippen molar-refractivity contribution >= 4 is 47.4 Å². The number of benzene rings is 1. The molecule has 1 amide bonds. The number of carbonyl (C=O) groups excluding carboxylic acids is 1. The molecule has 0 bridgehead atoms. The average Bonchev–Trinajstić information content (AvgIpc) is 2.20. The van der Waals surface area contributed by atoms with Crippen LogP contribution in [0.25, 0.3) is 0 Å². The summed E-state index contributed by atoms with van der Waals surface area (Å²) in [5.74, 6) is 0. The zero-order valence-corrected chi connectivity index (χ0v) is 11.9. The minimum atomic E-state index is -3.78. The lowest BCUT2D eigenvalue weighted by Crippen LogP contribution is -2.13. The first-order chi connectivity index (χ1) is 7.84. The average molecular weight is 343 g/mol. The third-order valence-corrected chi connectivity index (χ3v) is 3.74. The van der Waals surface area contributed by atoms with Crippen molar-refractivity contribution in [1.29, 1.82) is 0 Å². The summed E-state index contributed by atoms with van der Waals surface area (Å²) in [6, 6.07) is 3.99. The molecule has 5 nitrogen and oxygen atoms in total. The highest BCUT2D eigenvalue weighted by molar-refractivity contribution is 9.10. The van der Waals surface area contributed by atoms with E-state index < -0.39 is 15.1 Å². The van der Waals surface area contributed by atoms with Crippen molar-refractivity contribution in [2.24, 2.45) is 0 Å². The van der Waals surface area contributed by atoms with E-state index in [0.717, 1.165) is 0 Å². The maximum absolute atomic E-state index is 11.1. The summed E-state index contributed by atoms with van der Waals surface area (Å²) in [4.78, 5) is 11.1. The molecule has 8 heteroatoms. The summed E-state index contributed by atoms with van der Waals surface area (Å²) in [6.45, 7) is 1.93. The van der Waals surface area contributed by atoms with E-state index in [-0.39, 0.29) is 11.5 Å². The molecule has 1 rings (SSSR count). The standard InChI is InChI=1S/C9H9BrClNO4S/c1-2-16-9(13)12-8-4-3-6(5-7(8)10)17(11,14)15/h3-5H,2H2,1H3,(H,12,13). The lowest BCUT2D eigenvalue weighted by atomic mass is 10.3. The minimum Gasteiger partial charge on any atom is -0.450 e. The van der Waals surface area contributed by atoms with E-state index in [4.69, 9.17) is 10.7 Å². The van der Waals surface area contributed by atoms with Gasteiger partial charge >= 0.3 is 6.09 Å². The Morgan fingerprint density at radius 3 is 2.65 bits per heavy atom. The van der Waals surface area contributed by atoms with E-state index in [0.29, 0.717) is 10.2 Å². The molecule has 0 atom stereocenters. The number of amides is 1. The summed E-state index contributed by atoms with van der Waals surface area (Å²) in [5, 5.41) is 2.44. The van der Waals surface area contributed by atoms with Crippen molar-refractivity contribution in [2.45, 2.75) is 11.8 Å². The monoisotopic (exact) mass is 341 g/mol. The molecule has 0 aliphatic heterocycles. The molecule has 0 saturated heterocycles. The second-order valence-electron chi connectivity index (χ2n) is 2.92. The fourth-order valence-electron chi connectivity index (χ4n) is 1.03. The fraction of sp³-hybridized carbons (Fsp3) is 0.222. The Balaban J connectivity index is 2.95. The highest BCUT2D eigenvalue weighted by Crippen LogP contribution is 2.27. The highest BCUT2D eigenvalue weighted by atomic mass is 79.9. The van der Waals surface area contributed by atoms with Gasteiger partial charge in [-0.15, -0.1) is 0 Å². The predicted octanol–water partition coefficient (Wildman–Crippen LogP) is 2.95. The lowest BCUT2D eigenvalue weighted by Gasteiger charge is -2.07. The molecule has 0 saturated carbocycles. The molecule has 17 heavy (non-hydrogen) atoms. The number of hydrogen-bond donors (Lipinski definition) is 1. The Morgan fingerprint density at radius 2 is 2.18 bits per heavy atom. The Bertz CT molecular complexity index is 532. The van der Waals surface area contributed by atoms with Crippen molar-refractivity contribution < 1.29 is 17.9 Å². The normalized spacial score (nSPS) is 11.0. The largest absolute Gasteiger partial charge is 0.450 e. The van der Waals surface area contributed by atoms with Gasteiger partial charge in [0.25, 0.3) is 9.05 Å². The molecule has 0 unspecified atom stereocenters. The summed E-state index contributed by atoms with van der Waals surface area (Å²) in [6.07, 6.45) is -0.616. The molecule has 0 fully saturated rings. The molecule has 1 N–H and O–H groups in total. The Morgan fingerprint density at radius 1 is 1.53 bits per heavy atom. The SMILES string of the molecule is CCOC(=O)Nc1ccc(S(=O)(=O)Cl)cc1Br. The van der Waals surface area contributed by atoms with E-state index in [2.05, 4.69) is 26.0 Å². The third-order valence-electron chi connectivity index (χ3n) is 1.73. The van der Waals surface area contributed by atoms with Gasteiger partial charge in [0.05, 0.1) is 17.2 Å². The van der Waals surface area contributed by atoms with Crippen molar-refractivity contribution in [2.75, 3.05) is 11.9 Å². The van der Waals surface area contributed by atoms with Crippen LogP contribution < -0.4 is 5.32 Å². The second kappa shape index (κ2) is 5.70. The van der Waals surface area contributed by atoms with Crippen LogP contribution in [0.3, 0.4) is 0 Å². The predicted molar refractivity (Wildman–Crippen MR) is 67.8 cm³/mol. The van der Waals surface area contributed by atoms with Crippen LogP contribution >= 0.6 is 26.6 Å². The number of ether oxygens (including phenoxy) is 1. The zero-order chi connectivity index (χ0) is 13.1. The van der Waals surface area contributed by atoms with Gasteiger partial charge in [-0.05, 0) is 41.1 Å². The number of anilines is 1. The summed E-state index contributed by atoms with van der Waals surface area (Å²) in [5.41, 5.74) is 0.396. The maximum atomic E-state index is 11.1. The summed E-state index contributed by atoms with van der Waals surface area (Å²) < 4.78 is 27.2. The van der Waals surface area contributed by atoms with Crippen LogP contribution in [0.1, 0.15) is 6.92 Å². The van der Waals surface area contributed by atoms with E-state index in [1.807, 2.05) is 0 Å². The number of hydrogen-bond acceptors (Lipinski definition) is 4. The molecule has 94 valence electrons. The molecular weight excluding hydrogens is 334 g/mol. The Kier molecular flexibility index (Phi) is 4.79. The van der Waals surface area contributed by atoms with Crippen molar-refractivity contribution in [3.05, 3.63) is 22.7 Å². The van der Waals surface area contributed by atoms with Crippen LogP contribution in [0, 0.1) is 0 Å². The van der Waals surface area contributed by atoms with E-state index in [9.17, 15) is 13.2 Å². The molecule has 0 aromatic heterocycles. The van der Waals surface area contributed by atoms with Crippen LogP contribution in [0.4, 0.5) is 10.5 Å². The molecular formula is C9H9BrClNO4S. The van der Waals surface area contributed by atoms with Crippen LogP contribution in [0.5, 0.6) is 0 Å². The van der Waals surface area contributed by atoms with Gasteiger partial charge in [-0.1, -0.05) is 0 Å². The third kappa shape index (κ3) is 4.18. The molecule has 1 aromatic rings. The topological polar surface area (TPSA) is 72.5 Å². The first-order valence-corrected chi connectivity index (χ1v) is 7.63. The second-order valence-corrected chi connectivity index (χ2v) is 6.35. The van der Waals surface area contributed by atoms with E-state index >= 15 is 0 Å². The number of halogens is 2. The Hall–Kier alpha value is -0.790. The van der Waals surface area contributed by atoms with Gasteiger partial charge in [-0.3, -0.25) is 5.32 Å². The van der Waals surface area contributed by atoms with Crippen molar-refractivity contribution in [3.8, 4) is 0 Å². The van der Waals surface area contributed by atoms with Crippen LogP contribution in [-0.4, -0.2) is 21.1 Å². The first-order valence-electron chi connectivity index (χ1n) is 4.52. The van der Waals surface area contributed by atoms with Crippen molar-refractivity contribution in [3.63, 3.8) is 0 Å². The molecule has 0 spiro atoms. The molecule has 1 aromatic carbocycles. The fourth-order valence-corrected chi connectivity index (χ4v) is 2.43. The zero-order valence-electron chi connectivity index (χ0n) is 8.74. The summed E-state index contributed by atoms with van der Waals surface area (Å²) in [7, 11) is 1.40. The minimum absolute atomic E-state index is 0.0551. The molecule has 0 heterocycles. The molecule has 0 radical (unpaired) electrons. The van der Waals surface area contributed by atoms with Gasteiger partial charge in [-0.25, -0.2) is 13.2 Å². The smallest absolute Gasteiger partial charge is 0.411 e. The number of rotatable bonds is 3. The quantitative estimate of drug-likeness (QED) is 0.857. The number of carbonyl (C=O) groups is 1. The van der Waals surface area contributed by atoms with Crippen LogP contribution in [0.2, 0.25) is 0 Å². The molecule has 0 aliphatic carbocycles. The van der Waals surface area contributed by atoms with Gasteiger partial charge in [0.1, 0.15) is 0 Å². The Labute approximate surface area is 112 Å². The van der Waals surface area contributed by atoms with E-state index in [1.165, 1.54) is 18.2 Å². The lowest BCUT2D eigenvalue weighted by molar-refractivity contribution is 0.168.